The van der Waals surface area contributed by atoms with E-state index in [-0.39, 0.29) is 64.1 Å². The van der Waals surface area contributed by atoms with E-state index in [2.05, 4.69) is 54.5 Å². The lowest BCUT2D eigenvalue weighted by Gasteiger charge is -2.71. The van der Waals surface area contributed by atoms with Gasteiger partial charge < -0.3 is 19.7 Å². The van der Waals surface area contributed by atoms with Crippen molar-refractivity contribution in [3.8, 4) is 0 Å². The molecule has 0 unspecified atom stereocenters. The topological polar surface area (TPSA) is 93.1 Å². The highest BCUT2D eigenvalue weighted by molar-refractivity contribution is 5.66. The van der Waals surface area contributed by atoms with Crippen molar-refractivity contribution in [2.45, 2.75) is 145 Å². The number of allylic oxidation sites excluding steroid dienone is 2. The summed E-state index contributed by atoms with van der Waals surface area (Å²) < 4.78 is 12.1. The maximum Gasteiger partial charge on any atom is 0.302 e. The summed E-state index contributed by atoms with van der Waals surface area (Å²) in [5, 5.41) is 23.8. The van der Waals surface area contributed by atoms with E-state index in [1.54, 1.807) is 0 Å². The average Bonchev–Trinajstić information content (AvgIpc) is 3.17. The summed E-state index contributed by atoms with van der Waals surface area (Å²) in [4.78, 5) is 24.6. The summed E-state index contributed by atoms with van der Waals surface area (Å²) in [5.41, 5.74) is -0.588. The first-order valence-corrected chi connectivity index (χ1v) is 15.7. The molecule has 0 aromatic heterocycles. The second-order valence-electron chi connectivity index (χ2n) is 15.8. The number of carbonyl (C=O) groups is 2. The number of carbonyl (C=O) groups excluding carboxylic acids is 2. The Hall–Kier alpha value is -1.40. The van der Waals surface area contributed by atoms with Crippen molar-refractivity contribution in [3.63, 3.8) is 0 Å². The summed E-state index contributed by atoms with van der Waals surface area (Å²) in [5.74, 6) is -0.326. The lowest BCUT2D eigenvalue weighted by Crippen LogP contribution is -2.70. The van der Waals surface area contributed by atoms with Crippen molar-refractivity contribution in [2.24, 2.45) is 45.3 Å². The molecule has 4 rings (SSSR count). The zero-order chi connectivity index (χ0) is 30.1. The van der Waals surface area contributed by atoms with Crippen LogP contribution in [0.5, 0.6) is 0 Å². The van der Waals surface area contributed by atoms with Gasteiger partial charge in [-0.1, -0.05) is 46.3 Å². The largest absolute Gasteiger partial charge is 0.462 e. The van der Waals surface area contributed by atoms with Gasteiger partial charge in [-0.05, 0) is 106 Å². The molecule has 4 fully saturated rings. The van der Waals surface area contributed by atoms with Gasteiger partial charge in [0.15, 0.2) is 0 Å². The fourth-order valence-corrected chi connectivity index (χ4v) is 11.1. The average molecular weight is 561 g/mol. The fourth-order valence-electron chi connectivity index (χ4n) is 11.1. The third kappa shape index (κ3) is 4.87. The zero-order valence-corrected chi connectivity index (χ0v) is 26.8. The molecule has 4 saturated carbocycles. The van der Waals surface area contributed by atoms with Crippen LogP contribution in [-0.4, -0.2) is 46.1 Å². The van der Waals surface area contributed by atoms with Gasteiger partial charge in [0.25, 0.3) is 0 Å². The molecule has 6 nitrogen and oxygen atoms in total. The third-order valence-electron chi connectivity index (χ3n) is 12.8. The Morgan fingerprint density at radius 3 is 2.15 bits per heavy atom. The van der Waals surface area contributed by atoms with E-state index in [9.17, 15) is 19.8 Å². The highest BCUT2D eigenvalue weighted by Gasteiger charge is 2.73. The summed E-state index contributed by atoms with van der Waals surface area (Å²) in [6, 6.07) is 0. The van der Waals surface area contributed by atoms with Gasteiger partial charge in [0, 0.05) is 25.2 Å². The highest BCUT2D eigenvalue weighted by Crippen LogP contribution is 2.76. The van der Waals surface area contributed by atoms with Crippen LogP contribution in [0.4, 0.5) is 0 Å². The number of aliphatic hydroxyl groups is 2. The Morgan fingerprint density at radius 2 is 1.57 bits per heavy atom. The maximum absolute atomic E-state index is 12.5. The number of hydrogen-bond acceptors (Lipinski definition) is 6. The van der Waals surface area contributed by atoms with Crippen molar-refractivity contribution in [1.82, 2.24) is 0 Å². The predicted octanol–water partition coefficient (Wildman–Crippen LogP) is 6.61. The van der Waals surface area contributed by atoms with Crippen LogP contribution in [0.3, 0.4) is 0 Å². The smallest absolute Gasteiger partial charge is 0.302 e. The van der Waals surface area contributed by atoms with Crippen LogP contribution in [0, 0.1) is 45.3 Å². The van der Waals surface area contributed by atoms with E-state index in [1.165, 1.54) is 19.4 Å². The van der Waals surface area contributed by atoms with Gasteiger partial charge in [0.1, 0.15) is 12.2 Å². The van der Waals surface area contributed by atoms with Crippen LogP contribution in [-0.2, 0) is 19.1 Å². The predicted molar refractivity (Wildman–Crippen MR) is 156 cm³/mol. The van der Waals surface area contributed by atoms with E-state index < -0.39 is 17.1 Å². The number of fused-ring (bicyclic) bond motifs is 5. The molecule has 6 heteroatoms. The quantitative estimate of drug-likeness (QED) is 0.280. The van der Waals surface area contributed by atoms with Crippen molar-refractivity contribution >= 4 is 11.9 Å². The normalized spacial score (nSPS) is 45.2. The van der Waals surface area contributed by atoms with Crippen LogP contribution in [0.25, 0.3) is 0 Å². The lowest BCUT2D eigenvalue weighted by molar-refractivity contribution is -0.278. The van der Waals surface area contributed by atoms with Gasteiger partial charge in [-0.2, -0.15) is 0 Å². The van der Waals surface area contributed by atoms with Crippen molar-refractivity contribution in [1.29, 1.82) is 0 Å². The first kappa shape index (κ1) is 31.5. The molecule has 2 N–H and O–H groups in total. The molecule has 0 bridgehead atoms. The molecular weight excluding hydrogens is 504 g/mol. The number of rotatable bonds is 6. The van der Waals surface area contributed by atoms with Crippen LogP contribution in [0.2, 0.25) is 0 Å². The Balaban J connectivity index is 1.75. The van der Waals surface area contributed by atoms with Gasteiger partial charge in [0.05, 0.1) is 11.7 Å². The van der Waals surface area contributed by atoms with E-state index in [4.69, 9.17) is 9.47 Å². The Morgan fingerprint density at radius 1 is 0.950 bits per heavy atom. The van der Waals surface area contributed by atoms with E-state index in [0.29, 0.717) is 12.8 Å². The van der Waals surface area contributed by atoms with Crippen LogP contribution < -0.4 is 0 Å². The van der Waals surface area contributed by atoms with Crippen molar-refractivity contribution in [2.75, 3.05) is 0 Å². The number of hydrogen-bond donors (Lipinski definition) is 2. The van der Waals surface area contributed by atoms with E-state index >= 15 is 0 Å². The maximum atomic E-state index is 12.5. The fraction of sp³-hybridized carbons (Fsp3) is 0.882. The second-order valence-corrected chi connectivity index (χ2v) is 15.8. The molecule has 11 atom stereocenters. The SMILES string of the molecule is CC(=O)O[C@H]1C[C@]2(C)[C@H](C[C@@H](O)[C@@H]3[C@@H]([C@@](C)(O)CCC=C(C)C)CC[C@]32C)[C@@]2(C)CC[C@H](OC(C)=O)C(C)(C)[C@H]12. The minimum atomic E-state index is -0.862. The summed E-state index contributed by atoms with van der Waals surface area (Å²) in [7, 11) is 0. The first-order valence-electron chi connectivity index (χ1n) is 15.7. The van der Waals surface area contributed by atoms with Crippen LogP contribution in [0.1, 0.15) is 121 Å². The van der Waals surface area contributed by atoms with E-state index in [0.717, 1.165) is 38.5 Å². The van der Waals surface area contributed by atoms with Gasteiger partial charge in [-0.25, -0.2) is 0 Å². The third-order valence-corrected chi connectivity index (χ3v) is 12.8. The second kappa shape index (κ2) is 10.4. The molecule has 40 heavy (non-hydrogen) atoms. The Bertz CT molecular complexity index is 1030. The summed E-state index contributed by atoms with van der Waals surface area (Å²) in [6.07, 6.45) is 7.52. The van der Waals surface area contributed by atoms with Gasteiger partial charge in [-0.15, -0.1) is 0 Å². The molecule has 0 spiro atoms. The standard InChI is InChI=1S/C34H56O6/c1-20(2)12-11-15-34(10,38)23-13-17-32(8)28(23)24(37)18-26-31(7)16-14-27(40-22(4)36)30(5,6)29(31)25(39-21(3)35)19-33(26,32)9/h12,23-29,37-38H,11,13-19H2,1-10H3/t23-,24+,25-,26+,27-,28-,29-,31+,32+,33+,34-/m0/s1. The van der Waals surface area contributed by atoms with Crippen molar-refractivity contribution in [3.05, 3.63) is 11.6 Å². The number of ether oxygens (including phenoxy) is 2. The monoisotopic (exact) mass is 560 g/mol. The molecule has 0 amide bonds. The van der Waals surface area contributed by atoms with Gasteiger partial charge >= 0.3 is 11.9 Å². The highest BCUT2D eigenvalue weighted by atomic mass is 16.6. The lowest BCUT2D eigenvalue weighted by atomic mass is 9.34. The molecule has 0 radical (unpaired) electrons. The van der Waals surface area contributed by atoms with Crippen molar-refractivity contribution < 1.29 is 29.3 Å². The summed E-state index contributed by atoms with van der Waals surface area (Å²) >= 11 is 0. The summed E-state index contributed by atoms with van der Waals surface area (Å²) in [6.45, 7) is 20.5. The Labute approximate surface area is 242 Å². The molecule has 0 saturated heterocycles. The van der Waals surface area contributed by atoms with Crippen LogP contribution in [0.15, 0.2) is 11.6 Å². The molecule has 0 aromatic carbocycles. The molecule has 228 valence electrons. The molecule has 0 heterocycles. The first-order chi connectivity index (χ1) is 18.3. The van der Waals surface area contributed by atoms with E-state index in [1.807, 2.05) is 6.92 Å². The molecule has 0 aromatic rings. The van der Waals surface area contributed by atoms with Gasteiger partial charge in [0.2, 0.25) is 0 Å². The minimum Gasteiger partial charge on any atom is -0.462 e. The Kier molecular flexibility index (Phi) is 8.20. The molecule has 4 aliphatic rings. The van der Waals surface area contributed by atoms with Gasteiger partial charge in [-0.3, -0.25) is 9.59 Å². The number of esters is 2. The molecule has 0 aliphatic heterocycles. The molecule has 4 aliphatic carbocycles. The zero-order valence-electron chi connectivity index (χ0n) is 26.8. The number of aliphatic hydroxyl groups excluding tert-OH is 1. The minimum absolute atomic E-state index is 0.00296. The molecular formula is C34H56O6. The van der Waals surface area contributed by atoms with Crippen LogP contribution >= 0.6 is 0 Å².